The van der Waals surface area contributed by atoms with Gasteiger partial charge in [-0.3, -0.25) is 14.8 Å². The van der Waals surface area contributed by atoms with Crippen LogP contribution in [0.4, 0.5) is 0 Å². The lowest BCUT2D eigenvalue weighted by molar-refractivity contribution is 0.0706. The second-order valence-electron chi connectivity index (χ2n) is 6.73. The number of hydrogen-bond donors (Lipinski definition) is 1. The van der Waals surface area contributed by atoms with Crippen molar-refractivity contribution in [2.45, 2.75) is 32.6 Å². The summed E-state index contributed by atoms with van der Waals surface area (Å²) < 4.78 is 0. The van der Waals surface area contributed by atoms with E-state index in [-0.39, 0.29) is 11.8 Å². The molecule has 1 saturated heterocycles. The lowest BCUT2D eigenvalue weighted by Crippen LogP contribution is -2.39. The van der Waals surface area contributed by atoms with Crippen molar-refractivity contribution in [2.24, 2.45) is 0 Å². The highest BCUT2D eigenvalue weighted by Gasteiger charge is 2.26. The molecule has 0 saturated carbocycles. The number of hydrogen-bond acceptors (Lipinski definition) is 4. The summed E-state index contributed by atoms with van der Waals surface area (Å²) in [5.41, 5.74) is 4.40. The number of H-pyrrole nitrogens is 1. The summed E-state index contributed by atoms with van der Waals surface area (Å²) >= 11 is 0. The lowest BCUT2D eigenvalue weighted by atomic mass is 9.94. The topological polar surface area (TPSA) is 74.8 Å². The Kier molecular flexibility index (Phi) is 3.95. The average molecular weight is 335 g/mol. The SMILES string of the molecule is Cc1cncc([C@H]2CCCN(C(=O)c3ccc4nc(C)[nH]c4c3)C2)n1. The molecule has 1 amide bonds. The zero-order valence-corrected chi connectivity index (χ0v) is 14.5. The van der Waals surface area contributed by atoms with E-state index in [0.717, 1.165) is 47.6 Å². The molecular formula is C19H21N5O. The van der Waals surface area contributed by atoms with Crippen molar-refractivity contribution in [1.82, 2.24) is 24.8 Å². The minimum absolute atomic E-state index is 0.0689. The van der Waals surface area contributed by atoms with Crippen LogP contribution in [0.25, 0.3) is 11.0 Å². The number of aromatic amines is 1. The molecule has 4 rings (SSSR count). The molecule has 0 unspecified atom stereocenters. The number of nitrogens with one attached hydrogen (secondary N) is 1. The molecule has 1 fully saturated rings. The van der Waals surface area contributed by atoms with E-state index in [1.807, 2.05) is 43.1 Å². The summed E-state index contributed by atoms with van der Waals surface area (Å²) in [5.74, 6) is 1.18. The summed E-state index contributed by atoms with van der Waals surface area (Å²) in [4.78, 5) is 31.3. The van der Waals surface area contributed by atoms with Gasteiger partial charge in [-0.25, -0.2) is 4.98 Å². The fourth-order valence-corrected chi connectivity index (χ4v) is 3.54. The molecule has 3 heterocycles. The van der Waals surface area contributed by atoms with Gasteiger partial charge >= 0.3 is 0 Å². The number of carbonyl (C=O) groups excluding carboxylic acids is 1. The van der Waals surface area contributed by atoms with E-state index in [9.17, 15) is 4.79 Å². The molecular weight excluding hydrogens is 314 g/mol. The van der Waals surface area contributed by atoms with Crippen LogP contribution >= 0.6 is 0 Å². The maximum Gasteiger partial charge on any atom is 0.253 e. The summed E-state index contributed by atoms with van der Waals surface area (Å²) in [7, 11) is 0. The van der Waals surface area contributed by atoms with Gasteiger partial charge in [-0.2, -0.15) is 0 Å². The molecule has 6 nitrogen and oxygen atoms in total. The standard InChI is InChI=1S/C19H21N5O/c1-12-9-20-10-18(21-12)15-4-3-7-24(11-15)19(25)14-5-6-16-17(8-14)23-13(2)22-16/h5-6,8-10,15H,3-4,7,11H2,1-2H3,(H,22,23)/t15-/m0/s1. The minimum atomic E-state index is 0.0689. The minimum Gasteiger partial charge on any atom is -0.342 e. The molecule has 1 aliphatic heterocycles. The number of fused-ring (bicyclic) bond motifs is 1. The van der Waals surface area contributed by atoms with E-state index in [1.165, 1.54) is 0 Å². The highest BCUT2D eigenvalue weighted by Crippen LogP contribution is 2.26. The Labute approximate surface area is 146 Å². The van der Waals surface area contributed by atoms with Crippen LogP contribution in [0, 0.1) is 13.8 Å². The van der Waals surface area contributed by atoms with Crippen molar-refractivity contribution in [3.63, 3.8) is 0 Å². The second-order valence-corrected chi connectivity index (χ2v) is 6.73. The molecule has 2 aromatic heterocycles. The Bertz CT molecular complexity index is 932. The first-order valence-corrected chi connectivity index (χ1v) is 8.64. The maximum atomic E-state index is 12.9. The molecule has 0 radical (unpaired) electrons. The number of aryl methyl sites for hydroxylation is 2. The Morgan fingerprint density at radius 2 is 2.12 bits per heavy atom. The highest BCUT2D eigenvalue weighted by molar-refractivity contribution is 5.97. The molecule has 1 atom stereocenters. The summed E-state index contributed by atoms with van der Waals surface area (Å²) in [6, 6.07) is 5.66. The van der Waals surface area contributed by atoms with Gasteiger partial charge in [0.15, 0.2) is 0 Å². The van der Waals surface area contributed by atoms with Crippen LogP contribution in [0.15, 0.2) is 30.6 Å². The van der Waals surface area contributed by atoms with Crippen LogP contribution in [-0.4, -0.2) is 43.8 Å². The van der Waals surface area contributed by atoms with Gasteiger partial charge in [0.05, 0.1) is 22.4 Å². The average Bonchev–Trinajstić information content (AvgIpc) is 3.00. The van der Waals surface area contributed by atoms with Crippen LogP contribution in [0.3, 0.4) is 0 Å². The van der Waals surface area contributed by atoms with Gasteiger partial charge < -0.3 is 9.88 Å². The van der Waals surface area contributed by atoms with Crippen LogP contribution in [0.2, 0.25) is 0 Å². The molecule has 0 bridgehead atoms. The van der Waals surface area contributed by atoms with Crippen LogP contribution < -0.4 is 0 Å². The number of imidazole rings is 1. The number of carbonyl (C=O) groups is 1. The number of rotatable bonds is 2. The van der Waals surface area contributed by atoms with Gasteiger partial charge in [0.2, 0.25) is 0 Å². The number of aromatic nitrogens is 4. The monoisotopic (exact) mass is 335 g/mol. The molecule has 0 spiro atoms. The number of benzene rings is 1. The molecule has 1 aliphatic rings. The Hall–Kier alpha value is -2.76. The van der Waals surface area contributed by atoms with Crippen LogP contribution in [-0.2, 0) is 0 Å². The van der Waals surface area contributed by atoms with E-state index < -0.39 is 0 Å². The highest BCUT2D eigenvalue weighted by atomic mass is 16.2. The van der Waals surface area contributed by atoms with Gasteiger partial charge in [0, 0.05) is 37.0 Å². The van der Waals surface area contributed by atoms with Gasteiger partial charge in [0.25, 0.3) is 5.91 Å². The molecule has 1 aromatic carbocycles. The normalized spacial score (nSPS) is 17.8. The fourth-order valence-electron chi connectivity index (χ4n) is 3.54. The Morgan fingerprint density at radius 1 is 1.24 bits per heavy atom. The third-order valence-corrected chi connectivity index (χ3v) is 4.75. The Morgan fingerprint density at radius 3 is 2.96 bits per heavy atom. The molecule has 6 heteroatoms. The summed E-state index contributed by atoms with van der Waals surface area (Å²) in [6.45, 7) is 5.34. The molecule has 0 aliphatic carbocycles. The second kappa shape index (κ2) is 6.27. The quantitative estimate of drug-likeness (QED) is 0.781. The van der Waals surface area contributed by atoms with E-state index in [0.29, 0.717) is 12.1 Å². The first kappa shape index (κ1) is 15.7. The summed E-state index contributed by atoms with van der Waals surface area (Å²) in [5, 5.41) is 0. The van der Waals surface area contributed by atoms with Crippen molar-refractivity contribution < 1.29 is 4.79 Å². The third-order valence-electron chi connectivity index (χ3n) is 4.75. The fraction of sp³-hybridized carbons (Fsp3) is 0.368. The predicted octanol–water partition coefficient (Wildman–Crippen LogP) is 2.99. The maximum absolute atomic E-state index is 12.9. The van der Waals surface area contributed by atoms with Gasteiger partial charge in [-0.15, -0.1) is 0 Å². The van der Waals surface area contributed by atoms with Crippen LogP contribution in [0.5, 0.6) is 0 Å². The van der Waals surface area contributed by atoms with Gasteiger partial charge in [0.1, 0.15) is 5.82 Å². The third kappa shape index (κ3) is 3.12. The first-order valence-electron chi connectivity index (χ1n) is 8.64. The van der Waals surface area contributed by atoms with Gasteiger partial charge in [-0.05, 0) is 44.9 Å². The van der Waals surface area contributed by atoms with E-state index in [2.05, 4.69) is 19.9 Å². The molecule has 128 valence electrons. The predicted molar refractivity (Wildman–Crippen MR) is 95.5 cm³/mol. The molecule has 1 N–H and O–H groups in total. The number of nitrogens with zero attached hydrogens (tertiary/aromatic N) is 4. The van der Waals surface area contributed by atoms with Gasteiger partial charge in [-0.1, -0.05) is 0 Å². The van der Waals surface area contributed by atoms with Crippen molar-refractivity contribution >= 4 is 16.9 Å². The smallest absolute Gasteiger partial charge is 0.253 e. The van der Waals surface area contributed by atoms with Crippen molar-refractivity contribution in [3.8, 4) is 0 Å². The number of likely N-dealkylation sites (tertiary alicyclic amines) is 1. The van der Waals surface area contributed by atoms with Crippen molar-refractivity contribution in [3.05, 3.63) is 53.4 Å². The first-order chi connectivity index (χ1) is 12.1. The van der Waals surface area contributed by atoms with Crippen molar-refractivity contribution in [2.75, 3.05) is 13.1 Å². The van der Waals surface area contributed by atoms with Crippen molar-refractivity contribution in [1.29, 1.82) is 0 Å². The van der Waals surface area contributed by atoms with Crippen LogP contribution in [0.1, 0.15) is 46.3 Å². The summed E-state index contributed by atoms with van der Waals surface area (Å²) in [6.07, 6.45) is 5.61. The number of amides is 1. The molecule has 3 aromatic rings. The number of piperidine rings is 1. The zero-order chi connectivity index (χ0) is 17.4. The zero-order valence-electron chi connectivity index (χ0n) is 14.5. The lowest BCUT2D eigenvalue weighted by Gasteiger charge is -2.32. The largest absolute Gasteiger partial charge is 0.342 e. The van der Waals surface area contributed by atoms with E-state index >= 15 is 0 Å². The van der Waals surface area contributed by atoms with E-state index in [4.69, 9.17) is 0 Å². The Balaban J connectivity index is 1.56. The van der Waals surface area contributed by atoms with E-state index in [1.54, 1.807) is 6.20 Å². The molecule has 25 heavy (non-hydrogen) atoms.